The van der Waals surface area contributed by atoms with Crippen LogP contribution in [0, 0.1) is 20.2 Å². The number of fused-ring (bicyclic) bond motifs is 2. The molecule has 0 spiro atoms. The molecule has 24 heavy (non-hydrogen) atoms. The molecule has 2 aromatic rings. The molecule has 2 aromatic carbocycles. The van der Waals surface area contributed by atoms with Crippen LogP contribution in [0.3, 0.4) is 0 Å². The Morgan fingerprint density at radius 2 is 1.42 bits per heavy atom. The fraction of sp³-hybridized carbons (Fsp3) is 0. The van der Waals surface area contributed by atoms with E-state index in [9.17, 15) is 40.0 Å². The number of aromatic hydroxyl groups is 2. The van der Waals surface area contributed by atoms with Crippen LogP contribution in [0.5, 0.6) is 11.5 Å². The Hall–Kier alpha value is -3.82. The van der Waals surface area contributed by atoms with Crippen LogP contribution in [0.15, 0.2) is 24.3 Å². The van der Waals surface area contributed by atoms with E-state index in [1.54, 1.807) is 0 Å². The van der Waals surface area contributed by atoms with E-state index in [1.807, 2.05) is 0 Å². The molecule has 10 nitrogen and oxygen atoms in total. The van der Waals surface area contributed by atoms with Gasteiger partial charge < -0.3 is 10.2 Å². The van der Waals surface area contributed by atoms with Crippen LogP contribution in [0.2, 0.25) is 0 Å². The third-order valence-corrected chi connectivity index (χ3v) is 3.60. The molecule has 0 saturated heterocycles. The lowest BCUT2D eigenvalue weighted by atomic mass is 9.82. The number of rotatable bonds is 2. The van der Waals surface area contributed by atoms with Crippen molar-refractivity contribution in [3.8, 4) is 11.5 Å². The van der Waals surface area contributed by atoms with Gasteiger partial charge >= 0.3 is 5.69 Å². The molecule has 1 aliphatic carbocycles. The highest BCUT2D eigenvalue weighted by Crippen LogP contribution is 2.43. The Morgan fingerprint density at radius 1 is 0.792 bits per heavy atom. The van der Waals surface area contributed by atoms with Gasteiger partial charge in [-0.1, -0.05) is 0 Å². The predicted molar refractivity (Wildman–Crippen MR) is 76.4 cm³/mol. The average molecular weight is 330 g/mol. The van der Waals surface area contributed by atoms with E-state index in [4.69, 9.17) is 0 Å². The Morgan fingerprint density at radius 3 is 2.00 bits per heavy atom. The summed E-state index contributed by atoms with van der Waals surface area (Å²) in [6.07, 6.45) is 0. The smallest absolute Gasteiger partial charge is 0.322 e. The molecule has 0 bridgehead atoms. The van der Waals surface area contributed by atoms with Crippen molar-refractivity contribution in [1.29, 1.82) is 0 Å². The summed E-state index contributed by atoms with van der Waals surface area (Å²) in [4.78, 5) is 45.1. The summed E-state index contributed by atoms with van der Waals surface area (Å²) >= 11 is 0. The van der Waals surface area contributed by atoms with E-state index in [1.165, 1.54) is 0 Å². The minimum absolute atomic E-state index is 0.228. The van der Waals surface area contributed by atoms with Gasteiger partial charge in [0.2, 0.25) is 5.78 Å². The van der Waals surface area contributed by atoms with Crippen LogP contribution < -0.4 is 0 Å². The lowest BCUT2D eigenvalue weighted by Gasteiger charge is -2.18. The Labute approximate surface area is 131 Å². The third-order valence-electron chi connectivity index (χ3n) is 3.60. The molecule has 0 atom stereocenters. The van der Waals surface area contributed by atoms with Gasteiger partial charge in [0.25, 0.3) is 5.69 Å². The summed E-state index contributed by atoms with van der Waals surface area (Å²) in [6, 6.07) is 3.46. The van der Waals surface area contributed by atoms with Crippen molar-refractivity contribution in [3.63, 3.8) is 0 Å². The summed E-state index contributed by atoms with van der Waals surface area (Å²) in [7, 11) is 0. The van der Waals surface area contributed by atoms with Gasteiger partial charge in [0.05, 0.1) is 15.4 Å². The molecule has 0 heterocycles. The van der Waals surface area contributed by atoms with E-state index in [-0.39, 0.29) is 5.56 Å². The summed E-state index contributed by atoms with van der Waals surface area (Å²) in [5, 5.41) is 41.4. The summed E-state index contributed by atoms with van der Waals surface area (Å²) in [5.41, 5.74) is -3.58. The number of nitro benzene ring substituents is 2. The number of hydrogen-bond acceptors (Lipinski definition) is 8. The van der Waals surface area contributed by atoms with Crippen LogP contribution in [-0.4, -0.2) is 31.6 Å². The second-order valence-electron chi connectivity index (χ2n) is 4.92. The van der Waals surface area contributed by atoms with E-state index in [0.717, 1.165) is 18.2 Å². The third kappa shape index (κ3) is 1.90. The molecule has 120 valence electrons. The molecule has 0 aromatic heterocycles. The van der Waals surface area contributed by atoms with Crippen LogP contribution in [0.1, 0.15) is 31.8 Å². The molecule has 1 aliphatic rings. The minimum atomic E-state index is -1.07. The number of non-ortho nitro benzene ring substituents is 1. The molecule has 0 saturated carbocycles. The molecule has 0 amide bonds. The molecule has 0 radical (unpaired) electrons. The number of carbonyl (C=O) groups is 2. The first-order valence-corrected chi connectivity index (χ1v) is 6.35. The van der Waals surface area contributed by atoms with Crippen LogP contribution in [0.4, 0.5) is 11.4 Å². The second kappa shape index (κ2) is 4.84. The maximum atomic E-state index is 12.6. The maximum Gasteiger partial charge on any atom is 0.322 e. The number of ketones is 2. The van der Waals surface area contributed by atoms with Crippen molar-refractivity contribution >= 4 is 22.9 Å². The first-order valence-electron chi connectivity index (χ1n) is 6.35. The standard InChI is InChI=1S/C14H6N2O8/c17-8-4-9(18)12(16(23)24)11-10(8)13(19)6-2-1-5(15(21)22)3-7(6)14(11)20/h1-4,17-18H. The largest absolute Gasteiger partial charge is 0.507 e. The fourth-order valence-electron chi connectivity index (χ4n) is 2.58. The van der Waals surface area contributed by atoms with Gasteiger partial charge in [-0.05, 0) is 6.07 Å². The monoisotopic (exact) mass is 330 g/mol. The number of phenols is 2. The Bertz CT molecular complexity index is 979. The summed E-state index contributed by atoms with van der Waals surface area (Å²) < 4.78 is 0. The first kappa shape index (κ1) is 15.1. The van der Waals surface area contributed by atoms with Gasteiger partial charge in [0.15, 0.2) is 11.5 Å². The van der Waals surface area contributed by atoms with Crippen LogP contribution in [-0.2, 0) is 0 Å². The number of carbonyl (C=O) groups excluding carboxylic acids is 2. The number of nitrogens with zero attached hydrogens (tertiary/aromatic N) is 2. The number of benzene rings is 2. The molecular weight excluding hydrogens is 324 g/mol. The fourth-order valence-corrected chi connectivity index (χ4v) is 2.58. The van der Waals surface area contributed by atoms with Crippen LogP contribution in [0.25, 0.3) is 0 Å². The summed E-state index contributed by atoms with van der Waals surface area (Å²) in [6.45, 7) is 0. The molecule has 0 aliphatic heterocycles. The average Bonchev–Trinajstić information content (AvgIpc) is 2.50. The Balaban J connectivity index is 2.40. The van der Waals surface area contributed by atoms with Crippen LogP contribution >= 0.6 is 0 Å². The topological polar surface area (TPSA) is 161 Å². The van der Waals surface area contributed by atoms with Gasteiger partial charge in [-0.3, -0.25) is 29.8 Å². The molecular formula is C14H6N2O8. The zero-order chi connectivity index (χ0) is 17.8. The lowest BCUT2D eigenvalue weighted by molar-refractivity contribution is -0.386. The van der Waals surface area contributed by atoms with Crippen molar-refractivity contribution < 1.29 is 29.6 Å². The van der Waals surface area contributed by atoms with Crippen molar-refractivity contribution in [1.82, 2.24) is 0 Å². The maximum absolute atomic E-state index is 12.6. The van der Waals surface area contributed by atoms with Gasteiger partial charge in [-0.15, -0.1) is 0 Å². The highest BCUT2D eigenvalue weighted by Gasteiger charge is 2.40. The molecule has 10 heteroatoms. The van der Waals surface area contributed by atoms with Gasteiger partial charge in [-0.25, -0.2) is 0 Å². The van der Waals surface area contributed by atoms with Crippen molar-refractivity contribution in [2.75, 3.05) is 0 Å². The van der Waals surface area contributed by atoms with E-state index in [2.05, 4.69) is 0 Å². The second-order valence-corrected chi connectivity index (χ2v) is 4.92. The minimum Gasteiger partial charge on any atom is -0.507 e. The predicted octanol–water partition coefficient (Wildman–Crippen LogP) is 1.69. The molecule has 3 rings (SSSR count). The number of nitro groups is 2. The highest BCUT2D eigenvalue weighted by atomic mass is 16.6. The van der Waals surface area contributed by atoms with E-state index < -0.39 is 61.0 Å². The quantitative estimate of drug-likeness (QED) is 0.530. The molecule has 2 N–H and O–H groups in total. The van der Waals surface area contributed by atoms with Crippen molar-refractivity contribution in [2.45, 2.75) is 0 Å². The number of phenolic OH excluding ortho intramolecular Hbond substituents is 2. The molecule has 0 unspecified atom stereocenters. The van der Waals surface area contributed by atoms with E-state index in [0.29, 0.717) is 6.07 Å². The SMILES string of the molecule is O=C1c2ccc([N+](=O)[O-])cc2C(=O)c2c1c(O)cc(O)c2[N+](=O)[O-]. The van der Waals surface area contributed by atoms with Gasteiger partial charge in [0, 0.05) is 29.3 Å². The summed E-state index contributed by atoms with van der Waals surface area (Å²) in [5.74, 6) is -3.77. The van der Waals surface area contributed by atoms with E-state index >= 15 is 0 Å². The number of hydrogen-bond donors (Lipinski definition) is 2. The van der Waals surface area contributed by atoms with Crippen molar-refractivity contribution in [2.24, 2.45) is 0 Å². The molecule has 0 fully saturated rings. The first-order chi connectivity index (χ1) is 11.2. The zero-order valence-corrected chi connectivity index (χ0v) is 11.5. The lowest BCUT2D eigenvalue weighted by Crippen LogP contribution is -2.22. The van der Waals surface area contributed by atoms with Gasteiger partial charge in [0.1, 0.15) is 11.3 Å². The highest BCUT2D eigenvalue weighted by molar-refractivity contribution is 6.31. The normalized spacial score (nSPS) is 12.5. The van der Waals surface area contributed by atoms with Crippen molar-refractivity contribution in [3.05, 3.63) is 66.7 Å². The van der Waals surface area contributed by atoms with Gasteiger partial charge in [-0.2, -0.15) is 0 Å². The Kier molecular flexibility index (Phi) is 3.04. The zero-order valence-electron chi connectivity index (χ0n) is 11.5.